The van der Waals surface area contributed by atoms with Crippen LogP contribution in [-0.2, 0) is 7.05 Å². The van der Waals surface area contributed by atoms with Crippen LogP contribution in [0.4, 0.5) is 0 Å². The monoisotopic (exact) mass is 178 g/mol. The highest BCUT2D eigenvalue weighted by atomic mass is 15.3. The number of aryl methyl sites for hydroxylation is 1. The molecule has 1 heterocycles. The van der Waals surface area contributed by atoms with Gasteiger partial charge in [0.1, 0.15) is 6.04 Å². The third-order valence-electron chi connectivity index (χ3n) is 2.12. The quantitative estimate of drug-likeness (QED) is 0.748. The summed E-state index contributed by atoms with van der Waals surface area (Å²) in [6.07, 6.45) is 1.74. The van der Waals surface area contributed by atoms with Gasteiger partial charge in [-0.25, -0.2) is 0 Å². The minimum absolute atomic E-state index is 0.237. The number of rotatable bonds is 3. The van der Waals surface area contributed by atoms with Crippen LogP contribution >= 0.6 is 0 Å². The Morgan fingerprint density at radius 2 is 2.46 bits per heavy atom. The zero-order valence-electron chi connectivity index (χ0n) is 8.20. The predicted octanol–water partition coefficient (Wildman–Crippen LogP) is 0.903. The SMILES string of the molecule is CCNC(C#N)c1cnn(C)c1C. The van der Waals surface area contributed by atoms with Crippen molar-refractivity contribution in [1.82, 2.24) is 15.1 Å². The Morgan fingerprint density at radius 1 is 1.77 bits per heavy atom. The fourth-order valence-corrected chi connectivity index (χ4v) is 1.23. The van der Waals surface area contributed by atoms with Crippen molar-refractivity contribution >= 4 is 0 Å². The molecule has 0 aliphatic carbocycles. The van der Waals surface area contributed by atoms with Crippen LogP contribution in [0.3, 0.4) is 0 Å². The van der Waals surface area contributed by atoms with Gasteiger partial charge >= 0.3 is 0 Å². The maximum absolute atomic E-state index is 8.89. The molecule has 0 aliphatic rings. The maximum atomic E-state index is 8.89. The van der Waals surface area contributed by atoms with Gasteiger partial charge in [0.25, 0.3) is 0 Å². The summed E-state index contributed by atoms with van der Waals surface area (Å²) in [5.41, 5.74) is 2.00. The van der Waals surface area contributed by atoms with Crippen molar-refractivity contribution in [2.45, 2.75) is 19.9 Å². The first-order chi connectivity index (χ1) is 6.20. The molecule has 0 fully saturated rings. The van der Waals surface area contributed by atoms with Crippen molar-refractivity contribution < 1.29 is 0 Å². The van der Waals surface area contributed by atoms with Gasteiger partial charge in [0, 0.05) is 18.3 Å². The highest BCUT2D eigenvalue weighted by Crippen LogP contribution is 2.15. The zero-order chi connectivity index (χ0) is 9.84. The number of nitrogens with one attached hydrogen (secondary N) is 1. The molecule has 0 spiro atoms. The van der Waals surface area contributed by atoms with E-state index in [0.29, 0.717) is 0 Å². The topological polar surface area (TPSA) is 53.6 Å². The molecule has 0 amide bonds. The number of aromatic nitrogens is 2. The van der Waals surface area contributed by atoms with Crippen LogP contribution in [0.15, 0.2) is 6.20 Å². The predicted molar refractivity (Wildman–Crippen MR) is 50.0 cm³/mol. The van der Waals surface area contributed by atoms with Crippen LogP contribution < -0.4 is 5.32 Å². The van der Waals surface area contributed by atoms with E-state index in [4.69, 9.17) is 5.26 Å². The first kappa shape index (κ1) is 9.75. The molecular weight excluding hydrogens is 164 g/mol. The van der Waals surface area contributed by atoms with Crippen molar-refractivity contribution in [2.24, 2.45) is 7.05 Å². The lowest BCUT2D eigenvalue weighted by Crippen LogP contribution is -2.19. The molecule has 1 atom stereocenters. The minimum atomic E-state index is -0.237. The van der Waals surface area contributed by atoms with Crippen LogP contribution in [0.5, 0.6) is 0 Å². The Labute approximate surface area is 78.2 Å². The molecule has 13 heavy (non-hydrogen) atoms. The summed E-state index contributed by atoms with van der Waals surface area (Å²) in [6, 6.07) is 1.97. The van der Waals surface area contributed by atoms with E-state index in [0.717, 1.165) is 17.8 Å². The average Bonchev–Trinajstić information content (AvgIpc) is 2.45. The molecule has 0 aliphatic heterocycles. The Hall–Kier alpha value is -1.34. The van der Waals surface area contributed by atoms with E-state index in [2.05, 4.69) is 16.5 Å². The normalized spacial score (nSPS) is 12.5. The van der Waals surface area contributed by atoms with Crippen molar-refractivity contribution in [3.8, 4) is 6.07 Å². The molecule has 4 heteroatoms. The van der Waals surface area contributed by atoms with Gasteiger partial charge in [-0.3, -0.25) is 10.00 Å². The van der Waals surface area contributed by atoms with E-state index in [1.165, 1.54) is 0 Å². The molecule has 4 nitrogen and oxygen atoms in total. The zero-order valence-corrected chi connectivity index (χ0v) is 8.20. The summed E-state index contributed by atoms with van der Waals surface area (Å²) in [7, 11) is 1.87. The highest BCUT2D eigenvalue weighted by molar-refractivity contribution is 5.25. The van der Waals surface area contributed by atoms with E-state index in [1.54, 1.807) is 10.9 Å². The highest BCUT2D eigenvalue weighted by Gasteiger charge is 2.14. The molecule has 0 bridgehead atoms. The van der Waals surface area contributed by atoms with Gasteiger partial charge in [-0.05, 0) is 13.5 Å². The second kappa shape index (κ2) is 4.06. The summed E-state index contributed by atoms with van der Waals surface area (Å²) in [6.45, 7) is 4.73. The first-order valence-corrected chi connectivity index (χ1v) is 4.32. The van der Waals surface area contributed by atoms with Crippen molar-refractivity contribution in [3.63, 3.8) is 0 Å². The van der Waals surface area contributed by atoms with E-state index < -0.39 is 0 Å². The summed E-state index contributed by atoms with van der Waals surface area (Å²) in [4.78, 5) is 0. The largest absolute Gasteiger partial charge is 0.298 e. The molecule has 1 unspecified atom stereocenters. The van der Waals surface area contributed by atoms with Crippen LogP contribution in [0.2, 0.25) is 0 Å². The van der Waals surface area contributed by atoms with Crippen LogP contribution in [-0.4, -0.2) is 16.3 Å². The van der Waals surface area contributed by atoms with Crippen LogP contribution in [0.25, 0.3) is 0 Å². The summed E-state index contributed by atoms with van der Waals surface area (Å²) in [5, 5.41) is 16.1. The van der Waals surface area contributed by atoms with Gasteiger partial charge in [0.05, 0.1) is 12.3 Å². The Morgan fingerprint density at radius 3 is 2.85 bits per heavy atom. The molecule has 0 saturated heterocycles. The Bertz CT molecular complexity index is 321. The van der Waals surface area contributed by atoms with Gasteiger partial charge < -0.3 is 0 Å². The maximum Gasteiger partial charge on any atom is 0.124 e. The van der Waals surface area contributed by atoms with E-state index in [1.807, 2.05) is 20.9 Å². The minimum Gasteiger partial charge on any atom is -0.298 e. The molecule has 0 radical (unpaired) electrons. The first-order valence-electron chi connectivity index (χ1n) is 4.32. The van der Waals surface area contributed by atoms with Crippen molar-refractivity contribution in [3.05, 3.63) is 17.5 Å². The molecule has 1 rings (SSSR count). The lowest BCUT2D eigenvalue weighted by molar-refractivity contribution is 0.651. The number of hydrogen-bond donors (Lipinski definition) is 1. The number of hydrogen-bond acceptors (Lipinski definition) is 3. The van der Waals surface area contributed by atoms with Gasteiger partial charge in [-0.1, -0.05) is 6.92 Å². The fourth-order valence-electron chi connectivity index (χ4n) is 1.23. The second-order valence-electron chi connectivity index (χ2n) is 2.93. The lowest BCUT2D eigenvalue weighted by atomic mass is 10.1. The van der Waals surface area contributed by atoms with Gasteiger partial charge in [-0.15, -0.1) is 0 Å². The van der Waals surface area contributed by atoms with Gasteiger partial charge in [-0.2, -0.15) is 10.4 Å². The second-order valence-corrected chi connectivity index (χ2v) is 2.93. The molecule has 0 aromatic carbocycles. The fraction of sp³-hybridized carbons (Fsp3) is 0.556. The average molecular weight is 178 g/mol. The third kappa shape index (κ3) is 1.87. The molecule has 1 N–H and O–H groups in total. The van der Waals surface area contributed by atoms with Gasteiger partial charge in [0.15, 0.2) is 0 Å². The van der Waals surface area contributed by atoms with Crippen LogP contribution in [0.1, 0.15) is 24.2 Å². The van der Waals surface area contributed by atoms with E-state index >= 15 is 0 Å². The van der Waals surface area contributed by atoms with E-state index in [-0.39, 0.29) is 6.04 Å². The smallest absolute Gasteiger partial charge is 0.124 e. The summed E-state index contributed by atoms with van der Waals surface area (Å²) >= 11 is 0. The Kier molecular flexibility index (Phi) is 3.04. The summed E-state index contributed by atoms with van der Waals surface area (Å²) in [5.74, 6) is 0. The molecule has 70 valence electrons. The lowest BCUT2D eigenvalue weighted by Gasteiger charge is -2.08. The summed E-state index contributed by atoms with van der Waals surface area (Å²) < 4.78 is 1.77. The molecule has 1 aromatic rings. The van der Waals surface area contributed by atoms with Crippen molar-refractivity contribution in [1.29, 1.82) is 5.26 Å². The molecular formula is C9H14N4. The number of nitrogens with zero attached hydrogens (tertiary/aromatic N) is 3. The third-order valence-corrected chi connectivity index (χ3v) is 2.12. The standard InChI is InChI=1S/C9H14N4/c1-4-11-9(5-10)8-6-12-13(3)7(8)2/h6,9,11H,4H2,1-3H3. The number of nitriles is 1. The van der Waals surface area contributed by atoms with Crippen LogP contribution in [0, 0.1) is 18.3 Å². The van der Waals surface area contributed by atoms with E-state index in [9.17, 15) is 0 Å². The Balaban J connectivity index is 2.93. The van der Waals surface area contributed by atoms with Crippen molar-refractivity contribution in [2.75, 3.05) is 6.54 Å². The molecule has 0 saturated carbocycles. The van der Waals surface area contributed by atoms with Gasteiger partial charge in [0.2, 0.25) is 0 Å². The molecule has 1 aromatic heterocycles.